The predicted octanol–water partition coefficient (Wildman–Crippen LogP) is 20.8. The number of aliphatic hydroxyl groups is 1. The lowest BCUT2D eigenvalue weighted by molar-refractivity contribution is -0.870. The molecule has 0 aliphatic carbocycles. The third kappa shape index (κ3) is 63.4. The number of aliphatic hydroxyl groups excluding tert-OH is 1. The van der Waals surface area contributed by atoms with Gasteiger partial charge in [-0.3, -0.25) is 9.36 Å². The van der Waals surface area contributed by atoms with Crippen LogP contribution in [0, 0.1) is 0 Å². The fraction of sp³-hybridized carbons (Fsp3) is 0.814. The minimum atomic E-state index is -4.58. The number of unbranched alkanes of at least 4 members (excludes halogenated alkanes) is 37. The Balaban J connectivity index is 3.95. The van der Waals surface area contributed by atoms with Crippen molar-refractivity contribution in [1.82, 2.24) is 5.32 Å². The summed E-state index contributed by atoms with van der Waals surface area (Å²) < 4.78 is 23.5. The minimum absolute atomic E-state index is 0.0127. The Hall–Kier alpha value is -2.06. The highest BCUT2D eigenvalue weighted by atomic mass is 31.2. The number of hydrogen-bond donors (Lipinski definition) is 2. The van der Waals surface area contributed by atoms with Crippen LogP contribution in [0.25, 0.3) is 0 Å². The van der Waals surface area contributed by atoms with E-state index in [0.717, 1.165) is 77.0 Å². The van der Waals surface area contributed by atoms with E-state index in [9.17, 15) is 19.4 Å². The largest absolute Gasteiger partial charge is 0.756 e. The van der Waals surface area contributed by atoms with Crippen LogP contribution < -0.4 is 10.2 Å². The van der Waals surface area contributed by atoms with E-state index in [1.807, 2.05) is 21.1 Å². The first-order chi connectivity index (χ1) is 38.5. The number of nitrogens with zero attached hydrogens (tertiary/aromatic N) is 1. The van der Waals surface area contributed by atoms with Gasteiger partial charge in [0.05, 0.1) is 39.9 Å². The van der Waals surface area contributed by atoms with Gasteiger partial charge in [-0.05, 0) is 64.2 Å². The lowest BCUT2D eigenvalue weighted by Crippen LogP contribution is -2.46. The quantitative estimate of drug-likeness (QED) is 0.0272. The SMILES string of the molecule is CC/C=C\C/C=C\C/C=C\C/C=C\C/C=C\C/C=C\CCCCCCCCCCCCCCCCCCCCCCC(=O)NC(COP(=O)([O-])OCC[N+](C)(C)C)C(O)CCCCCCCCCCCCCCCCCCCC. The molecule has 0 aliphatic heterocycles. The van der Waals surface area contributed by atoms with Crippen LogP contribution in [-0.4, -0.2) is 68.5 Å². The first-order valence-corrected chi connectivity index (χ1v) is 35.2. The summed E-state index contributed by atoms with van der Waals surface area (Å²) in [6, 6.07) is -0.802. The molecular formula is C70H131N2O6P. The second-order valence-electron chi connectivity index (χ2n) is 24.2. The summed E-state index contributed by atoms with van der Waals surface area (Å²) in [5.41, 5.74) is 0. The van der Waals surface area contributed by atoms with E-state index in [-0.39, 0.29) is 19.1 Å². The third-order valence-electron chi connectivity index (χ3n) is 15.2. The summed E-state index contributed by atoms with van der Waals surface area (Å²) >= 11 is 0. The van der Waals surface area contributed by atoms with Crippen molar-refractivity contribution in [2.75, 3.05) is 40.9 Å². The maximum Gasteiger partial charge on any atom is 0.268 e. The fourth-order valence-electron chi connectivity index (χ4n) is 9.99. The normalized spacial score (nSPS) is 14.2. The number of likely N-dealkylation sites (N-methyl/N-ethyl adjacent to an activating group) is 1. The predicted molar refractivity (Wildman–Crippen MR) is 344 cm³/mol. The number of carbonyl (C=O) groups excluding carboxylic acids is 1. The van der Waals surface area contributed by atoms with E-state index >= 15 is 0 Å². The minimum Gasteiger partial charge on any atom is -0.756 e. The Labute approximate surface area is 491 Å². The number of carbonyl (C=O) groups is 1. The lowest BCUT2D eigenvalue weighted by Gasteiger charge is -2.30. The van der Waals surface area contributed by atoms with Gasteiger partial charge in [-0.15, -0.1) is 0 Å². The van der Waals surface area contributed by atoms with E-state index in [1.54, 1.807) is 0 Å². The zero-order valence-corrected chi connectivity index (χ0v) is 53.7. The second kappa shape index (κ2) is 60.5. The van der Waals surface area contributed by atoms with Crippen molar-refractivity contribution in [3.05, 3.63) is 72.9 Å². The van der Waals surface area contributed by atoms with Crippen LogP contribution in [-0.2, 0) is 18.4 Å². The lowest BCUT2D eigenvalue weighted by atomic mass is 10.0. The molecule has 9 heteroatoms. The Morgan fingerprint density at radius 1 is 0.456 bits per heavy atom. The van der Waals surface area contributed by atoms with Crippen LogP contribution in [0.3, 0.4) is 0 Å². The van der Waals surface area contributed by atoms with Crippen molar-refractivity contribution in [3.8, 4) is 0 Å². The standard InChI is InChI=1S/C70H131N2O6P/c1-6-8-10-12-14-16-18-20-22-24-26-27-28-29-30-31-32-33-34-35-36-37-38-39-40-41-42-43-44-45-46-48-50-52-54-56-58-60-62-64-70(74)71-68(67-78-79(75,76)77-66-65-72(3,4)5)69(73)63-61-59-57-55-53-51-49-47-25-23-21-19-17-15-13-11-9-7-2/h8,10,14,16,20,22,26-27,29-30,32-33,68-69,73H,6-7,9,11-13,15,17-19,21,23-25,28,31,34-67H2,1-5H3,(H-,71,74,75,76)/b10-8-,16-14-,22-20-,27-26-,30-29-,33-32-. The highest BCUT2D eigenvalue weighted by Crippen LogP contribution is 2.38. The molecule has 0 spiro atoms. The van der Waals surface area contributed by atoms with Crippen LogP contribution in [0.2, 0.25) is 0 Å². The molecule has 3 atom stereocenters. The summed E-state index contributed by atoms with van der Waals surface area (Å²) in [6.45, 7) is 4.64. The van der Waals surface area contributed by atoms with E-state index in [0.29, 0.717) is 23.9 Å². The fourth-order valence-corrected chi connectivity index (χ4v) is 10.7. The van der Waals surface area contributed by atoms with Gasteiger partial charge >= 0.3 is 0 Å². The number of quaternary nitrogens is 1. The Morgan fingerprint density at radius 2 is 0.772 bits per heavy atom. The molecule has 0 aromatic rings. The Bertz CT molecular complexity index is 1520. The van der Waals surface area contributed by atoms with Crippen LogP contribution in [0.1, 0.15) is 316 Å². The molecule has 0 saturated heterocycles. The summed E-state index contributed by atoms with van der Waals surface area (Å²) in [4.78, 5) is 25.6. The van der Waals surface area contributed by atoms with Gasteiger partial charge in [0.2, 0.25) is 5.91 Å². The highest BCUT2D eigenvalue weighted by Gasteiger charge is 2.24. The molecule has 0 radical (unpaired) electrons. The van der Waals surface area contributed by atoms with Gasteiger partial charge in [0.15, 0.2) is 0 Å². The topological polar surface area (TPSA) is 108 Å². The monoisotopic (exact) mass is 1130 g/mol. The molecule has 0 aromatic carbocycles. The van der Waals surface area contributed by atoms with Crippen LogP contribution in [0.4, 0.5) is 0 Å². The van der Waals surface area contributed by atoms with Gasteiger partial charge in [-0.2, -0.15) is 0 Å². The molecule has 1 amide bonds. The van der Waals surface area contributed by atoms with Crippen LogP contribution in [0.15, 0.2) is 72.9 Å². The van der Waals surface area contributed by atoms with Crippen molar-refractivity contribution in [3.63, 3.8) is 0 Å². The molecule has 0 heterocycles. The molecule has 0 saturated carbocycles. The summed E-state index contributed by atoms with van der Waals surface area (Å²) in [5, 5.41) is 14.1. The molecule has 2 N–H and O–H groups in total. The van der Waals surface area contributed by atoms with Gasteiger partial charge in [0.25, 0.3) is 7.82 Å². The molecule has 0 bridgehead atoms. The van der Waals surface area contributed by atoms with Gasteiger partial charge in [0.1, 0.15) is 13.2 Å². The molecule has 8 nitrogen and oxygen atoms in total. The maximum atomic E-state index is 13.0. The summed E-state index contributed by atoms with van der Waals surface area (Å²) in [6.07, 6.45) is 84.0. The van der Waals surface area contributed by atoms with Crippen LogP contribution >= 0.6 is 7.82 Å². The first kappa shape index (κ1) is 76.9. The molecule has 79 heavy (non-hydrogen) atoms. The maximum absolute atomic E-state index is 13.0. The summed E-state index contributed by atoms with van der Waals surface area (Å²) in [7, 11) is 1.31. The van der Waals surface area contributed by atoms with E-state index in [1.165, 1.54) is 212 Å². The zero-order chi connectivity index (χ0) is 57.7. The molecule has 3 unspecified atom stereocenters. The van der Waals surface area contributed by atoms with Gasteiger partial charge in [-0.1, -0.05) is 318 Å². The molecule has 0 aromatic heterocycles. The van der Waals surface area contributed by atoms with Gasteiger partial charge in [-0.25, -0.2) is 0 Å². The van der Waals surface area contributed by atoms with Crippen molar-refractivity contribution in [1.29, 1.82) is 0 Å². The number of rotatable bonds is 62. The van der Waals surface area contributed by atoms with Crippen molar-refractivity contribution >= 4 is 13.7 Å². The van der Waals surface area contributed by atoms with E-state index in [2.05, 4.69) is 92.1 Å². The number of phosphoric ester groups is 1. The smallest absolute Gasteiger partial charge is 0.268 e. The number of allylic oxidation sites excluding steroid dienone is 12. The number of hydrogen-bond acceptors (Lipinski definition) is 6. The molecular weight excluding hydrogens is 996 g/mol. The highest BCUT2D eigenvalue weighted by molar-refractivity contribution is 7.45. The first-order valence-electron chi connectivity index (χ1n) is 33.8. The van der Waals surface area contributed by atoms with Gasteiger partial charge in [0, 0.05) is 6.42 Å². The molecule has 0 aliphatic rings. The number of nitrogens with one attached hydrogen (secondary N) is 1. The number of phosphoric acid groups is 1. The molecule has 0 rings (SSSR count). The second-order valence-corrected chi connectivity index (χ2v) is 25.6. The zero-order valence-electron chi connectivity index (χ0n) is 52.8. The molecule has 462 valence electrons. The van der Waals surface area contributed by atoms with Crippen LogP contribution in [0.5, 0.6) is 0 Å². The Kier molecular flexibility index (Phi) is 59.0. The number of amides is 1. The van der Waals surface area contributed by atoms with Crippen molar-refractivity contribution < 1.29 is 32.9 Å². The van der Waals surface area contributed by atoms with Gasteiger partial charge < -0.3 is 28.8 Å². The molecule has 0 fully saturated rings. The van der Waals surface area contributed by atoms with E-state index < -0.39 is 20.0 Å². The average Bonchev–Trinajstić information content (AvgIpc) is 3.42. The van der Waals surface area contributed by atoms with Crippen molar-refractivity contribution in [2.24, 2.45) is 0 Å². The third-order valence-corrected chi connectivity index (χ3v) is 16.2. The Morgan fingerprint density at radius 3 is 1.13 bits per heavy atom. The average molecular weight is 1130 g/mol. The van der Waals surface area contributed by atoms with Crippen molar-refractivity contribution in [2.45, 2.75) is 328 Å². The summed E-state index contributed by atoms with van der Waals surface area (Å²) in [5.74, 6) is -0.160. The van der Waals surface area contributed by atoms with E-state index in [4.69, 9.17) is 9.05 Å².